The van der Waals surface area contributed by atoms with Crippen molar-refractivity contribution in [3.05, 3.63) is 35.6 Å². The van der Waals surface area contributed by atoms with E-state index in [0.717, 1.165) is 26.1 Å². The topological polar surface area (TPSA) is 30.5 Å². The van der Waals surface area contributed by atoms with Crippen LogP contribution in [0.4, 0.5) is 4.39 Å². The molecule has 1 N–H and O–H groups in total. The van der Waals surface area contributed by atoms with Gasteiger partial charge in [-0.25, -0.2) is 4.39 Å². The molecular weight excluding hydrogens is 233 g/mol. The van der Waals surface area contributed by atoms with Crippen molar-refractivity contribution in [2.24, 2.45) is 0 Å². The van der Waals surface area contributed by atoms with Crippen molar-refractivity contribution in [1.82, 2.24) is 5.32 Å². The van der Waals surface area contributed by atoms with Crippen LogP contribution in [-0.2, 0) is 9.47 Å². The molecule has 4 heteroatoms. The summed E-state index contributed by atoms with van der Waals surface area (Å²) in [6, 6.07) is 6.81. The van der Waals surface area contributed by atoms with Crippen LogP contribution < -0.4 is 5.32 Å². The Kier molecular flexibility index (Phi) is 5.11. The normalized spacial score (nSPS) is 18.8. The van der Waals surface area contributed by atoms with Crippen LogP contribution in [0, 0.1) is 5.82 Å². The second-order valence-corrected chi connectivity index (χ2v) is 4.52. The maximum atomic E-state index is 13.8. The Bertz CT molecular complexity index is 367. The average Bonchev–Trinajstić information content (AvgIpc) is 2.40. The molecule has 18 heavy (non-hydrogen) atoms. The van der Waals surface area contributed by atoms with E-state index < -0.39 is 0 Å². The lowest BCUT2D eigenvalue weighted by Gasteiger charge is -2.28. The number of benzene rings is 1. The molecule has 1 unspecified atom stereocenters. The predicted molar refractivity (Wildman–Crippen MR) is 68.0 cm³/mol. The highest BCUT2D eigenvalue weighted by Crippen LogP contribution is 2.24. The summed E-state index contributed by atoms with van der Waals surface area (Å²) in [7, 11) is 1.85. The van der Waals surface area contributed by atoms with Gasteiger partial charge in [-0.05, 0) is 26.0 Å². The van der Waals surface area contributed by atoms with E-state index in [0.29, 0.717) is 12.1 Å². The van der Waals surface area contributed by atoms with Gasteiger partial charge in [-0.2, -0.15) is 0 Å². The number of likely N-dealkylation sites (N-methyl/N-ethyl adjacent to an activating group) is 1. The molecule has 0 spiro atoms. The zero-order valence-corrected chi connectivity index (χ0v) is 10.7. The van der Waals surface area contributed by atoms with Gasteiger partial charge in [0, 0.05) is 25.3 Å². The highest BCUT2D eigenvalue weighted by atomic mass is 19.1. The van der Waals surface area contributed by atoms with Gasteiger partial charge in [-0.15, -0.1) is 0 Å². The molecule has 1 aliphatic heterocycles. The minimum atomic E-state index is -0.237. The minimum Gasteiger partial charge on any atom is -0.381 e. The van der Waals surface area contributed by atoms with Crippen LogP contribution in [0.5, 0.6) is 0 Å². The highest BCUT2D eigenvalue weighted by Gasteiger charge is 2.22. The second kappa shape index (κ2) is 6.83. The number of hydrogen-bond acceptors (Lipinski definition) is 3. The summed E-state index contributed by atoms with van der Waals surface area (Å²) in [6.45, 7) is 2.07. The first-order chi connectivity index (χ1) is 8.81. The van der Waals surface area contributed by atoms with Gasteiger partial charge < -0.3 is 14.8 Å². The number of halogens is 1. The molecule has 2 rings (SSSR count). The van der Waals surface area contributed by atoms with Crippen LogP contribution in [0.15, 0.2) is 24.3 Å². The molecule has 0 aromatic heterocycles. The van der Waals surface area contributed by atoms with Crippen LogP contribution in [0.25, 0.3) is 0 Å². The third-order valence-corrected chi connectivity index (χ3v) is 3.17. The molecule has 1 saturated heterocycles. The molecular formula is C14H20FNO2. The maximum absolute atomic E-state index is 13.8. The summed E-state index contributed by atoms with van der Waals surface area (Å²) in [5, 5.41) is 3.06. The zero-order chi connectivity index (χ0) is 12.8. The first-order valence-electron chi connectivity index (χ1n) is 6.43. The minimum absolute atomic E-state index is 0.164. The molecule has 1 aliphatic rings. The van der Waals surface area contributed by atoms with Crippen molar-refractivity contribution in [3.63, 3.8) is 0 Å². The van der Waals surface area contributed by atoms with Crippen LogP contribution >= 0.6 is 0 Å². The van der Waals surface area contributed by atoms with Crippen molar-refractivity contribution >= 4 is 0 Å². The van der Waals surface area contributed by atoms with Gasteiger partial charge in [-0.1, -0.05) is 18.2 Å². The Balaban J connectivity index is 2.05. The molecule has 0 amide bonds. The van der Waals surface area contributed by atoms with Gasteiger partial charge in [0.05, 0.1) is 12.2 Å². The standard InChI is InChI=1S/C14H20FNO2/c1-16-10-14(12-4-2-3-5-13(12)15)18-11-6-8-17-9-7-11/h2-5,11,14,16H,6-10H2,1H3. The van der Waals surface area contributed by atoms with E-state index in [4.69, 9.17) is 9.47 Å². The number of rotatable bonds is 5. The molecule has 100 valence electrons. The highest BCUT2D eigenvalue weighted by molar-refractivity contribution is 5.20. The number of ether oxygens (including phenoxy) is 2. The Morgan fingerprint density at radius 2 is 2.11 bits per heavy atom. The van der Waals surface area contributed by atoms with Crippen LogP contribution in [0.2, 0.25) is 0 Å². The largest absolute Gasteiger partial charge is 0.381 e. The maximum Gasteiger partial charge on any atom is 0.129 e. The zero-order valence-electron chi connectivity index (χ0n) is 10.7. The van der Waals surface area contributed by atoms with E-state index in [1.54, 1.807) is 12.1 Å². The molecule has 0 radical (unpaired) electrons. The second-order valence-electron chi connectivity index (χ2n) is 4.52. The molecule has 1 heterocycles. The molecule has 3 nitrogen and oxygen atoms in total. The molecule has 0 aliphatic carbocycles. The van der Waals surface area contributed by atoms with Gasteiger partial charge in [0.1, 0.15) is 5.82 Å². The fourth-order valence-corrected chi connectivity index (χ4v) is 2.20. The van der Waals surface area contributed by atoms with Crippen molar-refractivity contribution in [2.45, 2.75) is 25.0 Å². The van der Waals surface area contributed by atoms with Crippen molar-refractivity contribution in [3.8, 4) is 0 Å². The lowest BCUT2D eigenvalue weighted by atomic mass is 10.1. The van der Waals surface area contributed by atoms with E-state index in [1.165, 1.54) is 6.07 Å². The van der Waals surface area contributed by atoms with Crippen LogP contribution in [0.1, 0.15) is 24.5 Å². The Morgan fingerprint density at radius 1 is 1.39 bits per heavy atom. The lowest BCUT2D eigenvalue weighted by molar-refractivity contribution is -0.0693. The molecule has 1 fully saturated rings. The quantitative estimate of drug-likeness (QED) is 0.873. The molecule has 1 atom stereocenters. The summed E-state index contributed by atoms with van der Waals surface area (Å²) in [5.74, 6) is -0.204. The molecule has 1 aromatic rings. The summed E-state index contributed by atoms with van der Waals surface area (Å²) < 4.78 is 25.1. The van der Waals surface area contributed by atoms with Crippen molar-refractivity contribution in [1.29, 1.82) is 0 Å². The van der Waals surface area contributed by atoms with E-state index >= 15 is 0 Å². The smallest absolute Gasteiger partial charge is 0.129 e. The van der Waals surface area contributed by atoms with E-state index in [1.807, 2.05) is 13.1 Å². The number of hydrogen-bond donors (Lipinski definition) is 1. The van der Waals surface area contributed by atoms with Crippen LogP contribution in [0.3, 0.4) is 0 Å². The summed E-state index contributed by atoms with van der Waals surface area (Å²) in [6.07, 6.45) is 1.69. The van der Waals surface area contributed by atoms with Gasteiger partial charge in [0.2, 0.25) is 0 Å². The first kappa shape index (κ1) is 13.5. The van der Waals surface area contributed by atoms with Gasteiger partial charge in [0.15, 0.2) is 0 Å². The Labute approximate surface area is 107 Å². The molecule has 0 saturated carbocycles. The van der Waals surface area contributed by atoms with Gasteiger partial charge in [0.25, 0.3) is 0 Å². The summed E-state index contributed by atoms with van der Waals surface area (Å²) in [4.78, 5) is 0. The lowest BCUT2D eigenvalue weighted by Crippen LogP contribution is -2.29. The van der Waals surface area contributed by atoms with E-state index in [-0.39, 0.29) is 18.0 Å². The average molecular weight is 253 g/mol. The van der Waals surface area contributed by atoms with Crippen LogP contribution in [-0.4, -0.2) is 32.9 Å². The summed E-state index contributed by atoms with van der Waals surface area (Å²) in [5.41, 5.74) is 0.623. The van der Waals surface area contributed by atoms with Gasteiger partial charge >= 0.3 is 0 Å². The third-order valence-electron chi connectivity index (χ3n) is 3.17. The van der Waals surface area contributed by atoms with Gasteiger partial charge in [-0.3, -0.25) is 0 Å². The first-order valence-corrected chi connectivity index (χ1v) is 6.43. The summed E-state index contributed by atoms with van der Waals surface area (Å²) >= 11 is 0. The SMILES string of the molecule is CNCC(OC1CCOCC1)c1ccccc1F. The Morgan fingerprint density at radius 3 is 2.78 bits per heavy atom. The monoisotopic (exact) mass is 253 g/mol. The van der Waals surface area contributed by atoms with Crippen molar-refractivity contribution in [2.75, 3.05) is 26.8 Å². The molecule has 0 bridgehead atoms. The van der Waals surface area contributed by atoms with E-state index in [9.17, 15) is 4.39 Å². The predicted octanol–water partition coefficient (Wildman–Crippen LogP) is 2.28. The van der Waals surface area contributed by atoms with Crippen molar-refractivity contribution < 1.29 is 13.9 Å². The van der Waals surface area contributed by atoms with E-state index in [2.05, 4.69) is 5.32 Å². The number of nitrogens with one attached hydrogen (secondary N) is 1. The fourth-order valence-electron chi connectivity index (χ4n) is 2.20. The molecule has 1 aromatic carbocycles. The third kappa shape index (κ3) is 3.51. The fraction of sp³-hybridized carbons (Fsp3) is 0.571. The Hall–Kier alpha value is -0.970.